The number of aromatic nitrogens is 2. The fraction of sp³-hybridized carbons (Fsp3) is 0.200. The first-order valence-corrected chi connectivity index (χ1v) is 5.37. The van der Waals surface area contributed by atoms with Crippen LogP contribution in [0.2, 0.25) is 0 Å². The second-order valence-corrected chi connectivity index (χ2v) is 3.98. The summed E-state index contributed by atoms with van der Waals surface area (Å²) in [5.74, 6) is -0.365. The van der Waals surface area contributed by atoms with Gasteiger partial charge in [0.15, 0.2) is 11.6 Å². The predicted molar refractivity (Wildman–Crippen MR) is 63.7 cm³/mol. The van der Waals surface area contributed by atoms with Crippen molar-refractivity contribution in [2.24, 2.45) is 0 Å². The van der Waals surface area contributed by atoms with Crippen LogP contribution in [0.1, 0.15) is 18.5 Å². The molecule has 0 aliphatic rings. The van der Waals surface area contributed by atoms with Crippen LogP contribution in [-0.2, 0) is 0 Å². The molecule has 0 bridgehead atoms. The Kier molecular flexibility index (Phi) is 2.95. The maximum absolute atomic E-state index is 9.75. The molecule has 2 heterocycles. The molecule has 2 aromatic rings. The van der Waals surface area contributed by atoms with E-state index in [2.05, 4.69) is 5.32 Å². The van der Waals surface area contributed by atoms with Crippen molar-refractivity contribution in [3.05, 3.63) is 35.1 Å². The van der Waals surface area contributed by atoms with Gasteiger partial charge in [-0.1, -0.05) is 0 Å². The highest BCUT2D eigenvalue weighted by Crippen LogP contribution is 2.21. The van der Waals surface area contributed by atoms with Crippen molar-refractivity contribution in [2.75, 3.05) is 11.1 Å². The van der Waals surface area contributed by atoms with Gasteiger partial charge in [-0.2, -0.15) is 0 Å². The monoisotopic (exact) mass is 266 g/mol. The van der Waals surface area contributed by atoms with Gasteiger partial charge in [0.05, 0.1) is 18.6 Å². The van der Waals surface area contributed by atoms with E-state index in [1.54, 1.807) is 13.0 Å². The average molecular weight is 266 g/mol. The van der Waals surface area contributed by atoms with Crippen LogP contribution in [0.4, 0.5) is 11.6 Å². The number of hydrogen-bond acceptors (Lipinski definition) is 7. The minimum absolute atomic E-state index is 0.0859. The fourth-order valence-electron chi connectivity index (χ4n) is 1.59. The van der Waals surface area contributed by atoms with Gasteiger partial charge < -0.3 is 25.9 Å². The lowest BCUT2D eigenvalue weighted by molar-refractivity contribution is 0.139. The van der Waals surface area contributed by atoms with Gasteiger partial charge in [-0.05, 0) is 13.0 Å². The third kappa shape index (κ3) is 2.01. The fourth-order valence-corrected chi connectivity index (χ4v) is 1.59. The lowest BCUT2D eigenvalue weighted by atomic mass is 10.2. The van der Waals surface area contributed by atoms with Crippen LogP contribution in [0.3, 0.4) is 0 Å². The van der Waals surface area contributed by atoms with Crippen LogP contribution in [0.25, 0.3) is 0 Å². The smallest absolute Gasteiger partial charge is 0.209 e. The molecule has 0 aromatic carbocycles. The summed E-state index contributed by atoms with van der Waals surface area (Å²) in [6, 6.07) is 1.44. The molecule has 0 amide bonds. The molecule has 102 valence electrons. The van der Waals surface area contributed by atoms with E-state index in [9.17, 15) is 10.4 Å². The maximum Gasteiger partial charge on any atom is 0.209 e. The molecule has 0 saturated carbocycles. The molecule has 1 atom stereocenters. The van der Waals surface area contributed by atoms with E-state index < -0.39 is 11.0 Å². The summed E-state index contributed by atoms with van der Waals surface area (Å²) in [5.41, 5.74) is 5.17. The van der Waals surface area contributed by atoms with E-state index in [1.165, 1.54) is 12.5 Å². The molecule has 2 rings (SSSR count). The van der Waals surface area contributed by atoms with Gasteiger partial charge in [0.1, 0.15) is 0 Å². The van der Waals surface area contributed by atoms with Crippen LogP contribution in [0.5, 0.6) is 0 Å². The largest absolute Gasteiger partial charge is 0.472 e. The molecule has 0 spiro atoms. The van der Waals surface area contributed by atoms with Crippen molar-refractivity contribution in [1.29, 1.82) is 10.8 Å². The van der Waals surface area contributed by atoms with Gasteiger partial charge in [0, 0.05) is 5.56 Å². The summed E-state index contributed by atoms with van der Waals surface area (Å²) in [6.07, 6.45) is 3.02. The number of nitrogens with one attached hydrogen (secondary N) is 3. The highest BCUT2D eigenvalue weighted by atomic mass is 16.5. The number of nitrogen functional groups attached to an aromatic ring is 1. The second-order valence-electron chi connectivity index (χ2n) is 3.98. The Balaban J connectivity index is 2.47. The Labute approximate surface area is 107 Å². The van der Waals surface area contributed by atoms with Gasteiger partial charge in [0.25, 0.3) is 0 Å². The third-order valence-corrected chi connectivity index (χ3v) is 2.73. The van der Waals surface area contributed by atoms with Crippen LogP contribution >= 0.6 is 0 Å². The molecule has 0 radical (unpaired) electrons. The Hall–Kier alpha value is -2.84. The van der Waals surface area contributed by atoms with Gasteiger partial charge in [0.2, 0.25) is 11.0 Å². The van der Waals surface area contributed by atoms with Gasteiger partial charge in [-0.15, -0.1) is 9.46 Å². The van der Waals surface area contributed by atoms with Crippen molar-refractivity contribution in [3.63, 3.8) is 0 Å². The normalized spacial score (nSPS) is 12.3. The minimum Gasteiger partial charge on any atom is -0.472 e. The SMILES string of the molecule is CC(Nc1c(N)n(O)c(=N)c(=N)n1O)c1ccoc1. The molecule has 1 unspecified atom stereocenters. The molecular formula is C10H14N6O3. The first-order valence-electron chi connectivity index (χ1n) is 5.37. The number of furan rings is 1. The minimum atomic E-state index is -0.624. The highest BCUT2D eigenvalue weighted by molar-refractivity contribution is 5.57. The van der Waals surface area contributed by atoms with Crippen molar-refractivity contribution in [2.45, 2.75) is 13.0 Å². The quantitative estimate of drug-likeness (QED) is 0.435. The summed E-state index contributed by atoms with van der Waals surface area (Å²) in [4.78, 5) is 0. The molecule has 0 aliphatic carbocycles. The van der Waals surface area contributed by atoms with E-state index in [0.717, 1.165) is 5.56 Å². The van der Waals surface area contributed by atoms with Gasteiger partial charge >= 0.3 is 0 Å². The van der Waals surface area contributed by atoms with Crippen molar-refractivity contribution in [1.82, 2.24) is 9.46 Å². The zero-order chi connectivity index (χ0) is 14.2. The summed E-state index contributed by atoms with van der Waals surface area (Å²) >= 11 is 0. The second kappa shape index (κ2) is 4.44. The van der Waals surface area contributed by atoms with E-state index >= 15 is 0 Å². The van der Waals surface area contributed by atoms with E-state index in [0.29, 0.717) is 9.46 Å². The molecule has 0 saturated heterocycles. The Morgan fingerprint density at radius 1 is 1.32 bits per heavy atom. The molecule has 9 heteroatoms. The zero-order valence-electron chi connectivity index (χ0n) is 10.1. The summed E-state index contributed by atoms with van der Waals surface area (Å²) < 4.78 is 5.66. The number of anilines is 2. The summed E-state index contributed by atoms with van der Waals surface area (Å²) in [7, 11) is 0. The van der Waals surface area contributed by atoms with Crippen LogP contribution < -0.4 is 22.0 Å². The van der Waals surface area contributed by atoms with Crippen LogP contribution in [0, 0.1) is 10.8 Å². The number of rotatable bonds is 3. The average Bonchev–Trinajstić information content (AvgIpc) is 2.93. The molecule has 9 nitrogen and oxygen atoms in total. The molecule has 7 N–H and O–H groups in total. The van der Waals surface area contributed by atoms with E-state index in [1.807, 2.05) is 0 Å². The molecule has 0 aliphatic heterocycles. The molecular weight excluding hydrogens is 252 g/mol. The van der Waals surface area contributed by atoms with Crippen molar-refractivity contribution >= 4 is 11.6 Å². The summed E-state index contributed by atoms with van der Waals surface area (Å²) in [6.45, 7) is 1.78. The highest BCUT2D eigenvalue weighted by Gasteiger charge is 2.16. The van der Waals surface area contributed by atoms with Gasteiger partial charge in [-0.25, -0.2) is 0 Å². The summed E-state index contributed by atoms with van der Waals surface area (Å²) in [5, 5.41) is 37.0. The Morgan fingerprint density at radius 3 is 2.53 bits per heavy atom. The molecule has 2 aromatic heterocycles. The maximum atomic E-state index is 9.75. The van der Waals surface area contributed by atoms with Gasteiger partial charge in [-0.3, -0.25) is 10.8 Å². The zero-order valence-corrected chi connectivity index (χ0v) is 10.1. The van der Waals surface area contributed by atoms with Crippen molar-refractivity contribution in [3.8, 4) is 0 Å². The van der Waals surface area contributed by atoms with Crippen molar-refractivity contribution < 1.29 is 14.8 Å². The number of nitrogens with two attached hydrogens (primary N) is 1. The first kappa shape index (κ1) is 12.6. The topological polar surface area (TPSA) is 149 Å². The lowest BCUT2D eigenvalue weighted by Gasteiger charge is -2.18. The predicted octanol–water partition coefficient (Wildman–Crippen LogP) is 0.0714. The standard InChI is InChI=1S/C10H14N6O3/c1-5(6-2-3-19-4-6)14-10-9(13)15(17)7(11)8(12)16(10)18/h2-5,11-12,14,17-18H,13H2,1H3. The van der Waals surface area contributed by atoms with Crippen LogP contribution in [-0.4, -0.2) is 19.9 Å². The Morgan fingerprint density at radius 2 is 1.95 bits per heavy atom. The lowest BCUT2D eigenvalue weighted by Crippen LogP contribution is -2.42. The first-order chi connectivity index (χ1) is 8.93. The number of nitrogens with zero attached hydrogens (tertiary/aromatic N) is 2. The van der Waals surface area contributed by atoms with E-state index in [4.69, 9.17) is 21.0 Å². The molecule has 0 fully saturated rings. The van der Waals surface area contributed by atoms with E-state index in [-0.39, 0.29) is 17.7 Å². The number of hydrogen-bond donors (Lipinski definition) is 6. The molecule has 19 heavy (non-hydrogen) atoms. The van der Waals surface area contributed by atoms with Crippen LogP contribution in [0.15, 0.2) is 23.0 Å². The Bertz CT molecular complexity index is 699. The third-order valence-electron chi connectivity index (χ3n) is 2.73.